The van der Waals surface area contributed by atoms with E-state index in [9.17, 15) is 0 Å². The lowest BCUT2D eigenvalue weighted by Gasteiger charge is -2.37. The first kappa shape index (κ1) is 31.9. The molecule has 194 valence electrons. The minimum Gasteiger partial charge on any atom is -0.327 e. The summed E-state index contributed by atoms with van der Waals surface area (Å²) in [6.07, 6.45) is 17.8. The highest BCUT2D eigenvalue weighted by Crippen LogP contribution is 2.29. The van der Waals surface area contributed by atoms with Crippen molar-refractivity contribution in [2.45, 2.75) is 151 Å². The normalized spacial score (nSPS) is 16.6. The first-order valence-electron chi connectivity index (χ1n) is 14.5. The van der Waals surface area contributed by atoms with Crippen molar-refractivity contribution < 1.29 is 14.2 Å². The summed E-state index contributed by atoms with van der Waals surface area (Å²) in [4.78, 5) is 0. The Balaban J connectivity index is 5.38. The van der Waals surface area contributed by atoms with Gasteiger partial charge in [-0.15, -0.1) is 0 Å². The summed E-state index contributed by atoms with van der Waals surface area (Å²) in [5.41, 5.74) is 0. The third-order valence-corrected chi connectivity index (χ3v) is 7.08. The van der Waals surface area contributed by atoms with Crippen LogP contribution in [0.25, 0.3) is 0 Å². The molecule has 0 aromatic rings. The third kappa shape index (κ3) is 14.9. The smallest absolute Gasteiger partial charge is 0.282 e. The van der Waals surface area contributed by atoms with Gasteiger partial charge in [0.05, 0.1) is 19.8 Å². The number of rotatable bonds is 24. The van der Waals surface area contributed by atoms with Gasteiger partial charge >= 0.3 is 0 Å². The molecule has 3 unspecified atom stereocenters. The SMILES string of the molecule is CCCCC(CC)COC(CCCC)(OCC(CC)CCCC)OCC(CC)CCCC. The van der Waals surface area contributed by atoms with Gasteiger partial charge in [-0.25, -0.2) is 0 Å². The average Bonchev–Trinajstić information content (AvgIpc) is 2.82. The standard InChI is InChI=1S/C29H60O3/c1-8-15-19-26(12-5)23-30-29(22-18-11-4,31-24-27(13-6)20-16-9-2)32-25-28(14-7)21-17-10-3/h26-28H,8-25H2,1-7H3. The quantitative estimate of drug-likeness (QED) is 0.135. The third-order valence-electron chi connectivity index (χ3n) is 7.08. The Morgan fingerprint density at radius 3 is 1.03 bits per heavy atom. The Hall–Kier alpha value is -0.120. The molecule has 0 aliphatic carbocycles. The molecule has 0 fully saturated rings. The molecule has 0 radical (unpaired) electrons. The number of ether oxygens (including phenoxy) is 3. The van der Waals surface area contributed by atoms with Crippen LogP contribution in [0, 0.1) is 17.8 Å². The zero-order valence-corrected chi connectivity index (χ0v) is 23.2. The fraction of sp³-hybridized carbons (Fsp3) is 1.00. The van der Waals surface area contributed by atoms with Crippen molar-refractivity contribution in [1.29, 1.82) is 0 Å². The van der Waals surface area contributed by atoms with Crippen LogP contribution in [0.15, 0.2) is 0 Å². The van der Waals surface area contributed by atoms with E-state index in [0.29, 0.717) is 17.8 Å². The molecule has 3 heteroatoms. The van der Waals surface area contributed by atoms with E-state index in [4.69, 9.17) is 14.2 Å². The van der Waals surface area contributed by atoms with E-state index >= 15 is 0 Å². The molecular formula is C29H60O3. The van der Waals surface area contributed by atoms with Gasteiger partial charge in [0.1, 0.15) is 0 Å². The number of hydrogen-bond donors (Lipinski definition) is 0. The zero-order chi connectivity index (χ0) is 24.1. The van der Waals surface area contributed by atoms with E-state index in [2.05, 4.69) is 48.5 Å². The van der Waals surface area contributed by atoms with E-state index in [0.717, 1.165) is 58.3 Å². The van der Waals surface area contributed by atoms with Crippen LogP contribution in [0.2, 0.25) is 0 Å². The van der Waals surface area contributed by atoms with Crippen molar-refractivity contribution in [3.05, 3.63) is 0 Å². The fourth-order valence-electron chi connectivity index (χ4n) is 4.16. The predicted molar refractivity (Wildman–Crippen MR) is 140 cm³/mol. The topological polar surface area (TPSA) is 27.7 Å². The molecule has 0 aliphatic rings. The lowest BCUT2D eigenvalue weighted by atomic mass is 10.00. The molecule has 0 aromatic heterocycles. The largest absolute Gasteiger partial charge is 0.327 e. The maximum Gasteiger partial charge on any atom is 0.282 e. The molecule has 0 saturated heterocycles. The summed E-state index contributed by atoms with van der Waals surface area (Å²) >= 11 is 0. The summed E-state index contributed by atoms with van der Waals surface area (Å²) in [6, 6.07) is 0. The monoisotopic (exact) mass is 456 g/mol. The first-order chi connectivity index (χ1) is 15.5. The van der Waals surface area contributed by atoms with Crippen LogP contribution < -0.4 is 0 Å². The molecule has 32 heavy (non-hydrogen) atoms. The van der Waals surface area contributed by atoms with Gasteiger partial charge in [-0.2, -0.15) is 0 Å². The van der Waals surface area contributed by atoms with Gasteiger partial charge in [-0.3, -0.25) is 0 Å². The van der Waals surface area contributed by atoms with Gasteiger partial charge in [0.25, 0.3) is 5.97 Å². The molecule has 0 amide bonds. The number of unbranched alkanes of at least 4 members (excludes halogenated alkanes) is 4. The molecule has 0 rings (SSSR count). The molecule has 0 aliphatic heterocycles. The van der Waals surface area contributed by atoms with Crippen LogP contribution in [0.3, 0.4) is 0 Å². The van der Waals surface area contributed by atoms with Crippen molar-refractivity contribution in [3.8, 4) is 0 Å². The molecular weight excluding hydrogens is 396 g/mol. The molecule has 3 nitrogen and oxygen atoms in total. The van der Waals surface area contributed by atoms with Crippen molar-refractivity contribution in [3.63, 3.8) is 0 Å². The highest BCUT2D eigenvalue weighted by Gasteiger charge is 2.35. The van der Waals surface area contributed by atoms with Gasteiger partial charge in [-0.1, -0.05) is 113 Å². The lowest BCUT2D eigenvalue weighted by Crippen LogP contribution is -2.43. The van der Waals surface area contributed by atoms with Crippen LogP contribution in [0.4, 0.5) is 0 Å². The van der Waals surface area contributed by atoms with Gasteiger partial charge in [0.15, 0.2) is 0 Å². The highest BCUT2D eigenvalue weighted by molar-refractivity contribution is 4.67. The van der Waals surface area contributed by atoms with E-state index in [1.165, 1.54) is 57.8 Å². The van der Waals surface area contributed by atoms with Gasteiger partial charge in [0, 0.05) is 6.42 Å². The van der Waals surface area contributed by atoms with Gasteiger partial charge < -0.3 is 14.2 Å². The molecule has 0 aromatic carbocycles. The molecule has 0 spiro atoms. The van der Waals surface area contributed by atoms with Crippen molar-refractivity contribution in [2.75, 3.05) is 19.8 Å². The zero-order valence-electron chi connectivity index (χ0n) is 23.2. The summed E-state index contributed by atoms with van der Waals surface area (Å²) in [6.45, 7) is 18.2. The first-order valence-corrected chi connectivity index (χ1v) is 14.5. The Morgan fingerprint density at radius 2 is 0.781 bits per heavy atom. The van der Waals surface area contributed by atoms with Crippen LogP contribution in [0.1, 0.15) is 145 Å². The molecule has 0 saturated carbocycles. The van der Waals surface area contributed by atoms with Crippen LogP contribution >= 0.6 is 0 Å². The predicted octanol–water partition coefficient (Wildman–Crippen LogP) is 9.53. The van der Waals surface area contributed by atoms with E-state index in [1.807, 2.05) is 0 Å². The number of hydrogen-bond acceptors (Lipinski definition) is 3. The molecule has 3 atom stereocenters. The maximum absolute atomic E-state index is 6.64. The lowest BCUT2D eigenvalue weighted by molar-refractivity contribution is -0.392. The Kier molecular flexibility index (Phi) is 21.3. The summed E-state index contributed by atoms with van der Waals surface area (Å²) < 4.78 is 19.9. The second kappa shape index (κ2) is 21.4. The Morgan fingerprint density at radius 1 is 0.469 bits per heavy atom. The van der Waals surface area contributed by atoms with Crippen LogP contribution in [-0.2, 0) is 14.2 Å². The maximum atomic E-state index is 6.64. The van der Waals surface area contributed by atoms with E-state index in [-0.39, 0.29) is 0 Å². The van der Waals surface area contributed by atoms with Crippen molar-refractivity contribution in [2.24, 2.45) is 17.8 Å². The summed E-state index contributed by atoms with van der Waals surface area (Å²) in [5, 5.41) is 0. The van der Waals surface area contributed by atoms with Crippen molar-refractivity contribution >= 4 is 0 Å². The van der Waals surface area contributed by atoms with Crippen molar-refractivity contribution in [1.82, 2.24) is 0 Å². The van der Waals surface area contributed by atoms with Gasteiger partial charge in [0.2, 0.25) is 0 Å². The second-order valence-corrected chi connectivity index (χ2v) is 9.97. The van der Waals surface area contributed by atoms with E-state index in [1.54, 1.807) is 0 Å². The Bertz CT molecular complexity index is 334. The minimum atomic E-state index is -0.866. The average molecular weight is 457 g/mol. The van der Waals surface area contributed by atoms with Gasteiger partial charge in [-0.05, 0) is 43.4 Å². The fourth-order valence-corrected chi connectivity index (χ4v) is 4.16. The van der Waals surface area contributed by atoms with E-state index < -0.39 is 5.97 Å². The van der Waals surface area contributed by atoms with Crippen LogP contribution in [0.5, 0.6) is 0 Å². The molecule has 0 N–H and O–H groups in total. The second-order valence-electron chi connectivity index (χ2n) is 9.97. The summed E-state index contributed by atoms with van der Waals surface area (Å²) in [7, 11) is 0. The van der Waals surface area contributed by atoms with Crippen LogP contribution in [-0.4, -0.2) is 25.8 Å². The highest BCUT2D eigenvalue weighted by atomic mass is 16.9. The summed E-state index contributed by atoms with van der Waals surface area (Å²) in [5.74, 6) is 0.904. The molecule has 0 bridgehead atoms. The minimum absolute atomic E-state index is 0.590. The molecule has 0 heterocycles. The Labute approximate surface area is 202 Å².